The van der Waals surface area contributed by atoms with Gasteiger partial charge in [-0.25, -0.2) is 0 Å². The Morgan fingerprint density at radius 2 is 1.84 bits per heavy atom. The molecule has 0 aromatic heterocycles. The number of hydrogen-bond donors (Lipinski definition) is 0. The van der Waals surface area contributed by atoms with Crippen LogP contribution >= 0.6 is 0 Å². The summed E-state index contributed by atoms with van der Waals surface area (Å²) in [5.74, 6) is 0.137. The summed E-state index contributed by atoms with van der Waals surface area (Å²) in [5, 5.41) is 0. The van der Waals surface area contributed by atoms with Crippen molar-refractivity contribution in [2.75, 3.05) is 6.54 Å². The van der Waals surface area contributed by atoms with E-state index >= 15 is 0 Å². The van der Waals surface area contributed by atoms with Crippen molar-refractivity contribution >= 4 is 5.91 Å². The average molecular weight is 251 g/mol. The predicted octanol–water partition coefficient (Wildman–Crippen LogP) is 3.19. The van der Waals surface area contributed by atoms with Gasteiger partial charge in [-0.1, -0.05) is 42.0 Å². The van der Waals surface area contributed by atoms with Crippen molar-refractivity contribution in [2.45, 2.75) is 19.9 Å². The highest BCUT2D eigenvalue weighted by Gasteiger charge is 2.21. The molecule has 1 amide bonds. The van der Waals surface area contributed by atoms with Crippen LogP contribution in [0, 0.1) is 6.92 Å². The van der Waals surface area contributed by atoms with Crippen LogP contribution in [-0.4, -0.2) is 17.4 Å². The molecule has 96 valence electrons. The molecule has 1 heterocycles. The lowest BCUT2D eigenvalue weighted by Gasteiger charge is -2.29. The molecule has 0 saturated heterocycles. The summed E-state index contributed by atoms with van der Waals surface area (Å²) >= 11 is 0. The van der Waals surface area contributed by atoms with E-state index in [0.29, 0.717) is 0 Å². The van der Waals surface area contributed by atoms with E-state index in [4.69, 9.17) is 0 Å². The smallest absolute Gasteiger partial charge is 0.254 e. The molecule has 2 aromatic carbocycles. The van der Waals surface area contributed by atoms with Gasteiger partial charge in [0.05, 0.1) is 0 Å². The first kappa shape index (κ1) is 12.0. The van der Waals surface area contributed by atoms with Crippen molar-refractivity contribution in [2.24, 2.45) is 0 Å². The van der Waals surface area contributed by atoms with Gasteiger partial charge in [0.25, 0.3) is 5.91 Å². The van der Waals surface area contributed by atoms with Crippen LogP contribution in [0.4, 0.5) is 0 Å². The largest absolute Gasteiger partial charge is 0.334 e. The zero-order valence-corrected chi connectivity index (χ0v) is 11.1. The first-order valence-electron chi connectivity index (χ1n) is 6.67. The lowest BCUT2D eigenvalue weighted by atomic mass is 9.99. The van der Waals surface area contributed by atoms with Crippen molar-refractivity contribution in [1.29, 1.82) is 0 Å². The normalized spacial score (nSPS) is 14.1. The van der Waals surface area contributed by atoms with Gasteiger partial charge in [0.2, 0.25) is 0 Å². The summed E-state index contributed by atoms with van der Waals surface area (Å²) in [5.41, 5.74) is 4.56. The maximum Gasteiger partial charge on any atom is 0.254 e. The van der Waals surface area contributed by atoms with Crippen LogP contribution in [0.25, 0.3) is 0 Å². The minimum absolute atomic E-state index is 0.137. The molecule has 2 nitrogen and oxygen atoms in total. The Labute approximate surface area is 113 Å². The van der Waals surface area contributed by atoms with Gasteiger partial charge < -0.3 is 4.90 Å². The molecule has 19 heavy (non-hydrogen) atoms. The van der Waals surface area contributed by atoms with Gasteiger partial charge in [-0.3, -0.25) is 4.79 Å². The van der Waals surface area contributed by atoms with Crippen LogP contribution in [0.2, 0.25) is 0 Å². The van der Waals surface area contributed by atoms with Crippen LogP contribution in [0.3, 0.4) is 0 Å². The van der Waals surface area contributed by atoms with Crippen LogP contribution in [-0.2, 0) is 13.0 Å². The summed E-state index contributed by atoms with van der Waals surface area (Å²) in [6.07, 6.45) is 0.952. The highest BCUT2D eigenvalue weighted by Crippen LogP contribution is 2.20. The molecule has 1 aliphatic heterocycles. The molecule has 3 rings (SSSR count). The molecule has 0 radical (unpaired) electrons. The van der Waals surface area contributed by atoms with E-state index in [1.54, 1.807) is 0 Å². The number of amides is 1. The standard InChI is InChI=1S/C17H17NO/c1-13-5-4-8-15(11-13)17(19)18-10-9-14-6-2-3-7-16(14)12-18/h2-8,11H,9-10,12H2,1H3. The Morgan fingerprint density at radius 1 is 1.05 bits per heavy atom. The van der Waals surface area contributed by atoms with Crippen LogP contribution in [0.5, 0.6) is 0 Å². The van der Waals surface area contributed by atoms with Crippen molar-refractivity contribution in [3.05, 3.63) is 70.8 Å². The van der Waals surface area contributed by atoms with Gasteiger partial charge in [0, 0.05) is 18.7 Å². The third-order valence-electron chi connectivity index (χ3n) is 3.68. The first-order valence-corrected chi connectivity index (χ1v) is 6.67. The second-order valence-corrected chi connectivity index (χ2v) is 5.11. The number of hydrogen-bond acceptors (Lipinski definition) is 1. The van der Waals surface area contributed by atoms with Gasteiger partial charge >= 0.3 is 0 Å². The highest BCUT2D eigenvalue weighted by atomic mass is 16.2. The van der Waals surface area contributed by atoms with E-state index in [-0.39, 0.29) is 5.91 Å². The second kappa shape index (κ2) is 4.88. The van der Waals surface area contributed by atoms with Gasteiger partial charge in [-0.05, 0) is 36.6 Å². The third-order valence-corrected chi connectivity index (χ3v) is 3.68. The van der Waals surface area contributed by atoms with Gasteiger partial charge in [-0.15, -0.1) is 0 Å². The number of aryl methyl sites for hydroxylation is 1. The maximum absolute atomic E-state index is 12.5. The van der Waals surface area contributed by atoms with E-state index in [9.17, 15) is 4.79 Å². The molecular formula is C17H17NO. The highest BCUT2D eigenvalue weighted by molar-refractivity contribution is 5.94. The summed E-state index contributed by atoms with van der Waals surface area (Å²) < 4.78 is 0. The van der Waals surface area contributed by atoms with E-state index in [1.165, 1.54) is 11.1 Å². The number of nitrogens with zero attached hydrogens (tertiary/aromatic N) is 1. The SMILES string of the molecule is Cc1cccc(C(=O)N2CCc3ccccc3C2)c1. The Bertz CT molecular complexity index is 618. The predicted molar refractivity (Wildman–Crippen MR) is 76.1 cm³/mol. The Morgan fingerprint density at radius 3 is 2.63 bits per heavy atom. The number of rotatable bonds is 1. The minimum Gasteiger partial charge on any atom is -0.334 e. The molecule has 0 spiro atoms. The zero-order chi connectivity index (χ0) is 13.2. The molecule has 0 saturated carbocycles. The monoisotopic (exact) mass is 251 g/mol. The molecule has 0 atom stereocenters. The van der Waals surface area contributed by atoms with Gasteiger partial charge in [0.1, 0.15) is 0 Å². The van der Waals surface area contributed by atoms with E-state index < -0.39 is 0 Å². The first-order chi connectivity index (χ1) is 9.24. The minimum atomic E-state index is 0.137. The molecule has 1 aliphatic rings. The summed E-state index contributed by atoms with van der Waals surface area (Å²) in [4.78, 5) is 14.4. The van der Waals surface area contributed by atoms with Crippen LogP contribution in [0.15, 0.2) is 48.5 Å². The Kier molecular flexibility index (Phi) is 3.08. The van der Waals surface area contributed by atoms with Crippen molar-refractivity contribution in [1.82, 2.24) is 4.90 Å². The number of benzene rings is 2. The summed E-state index contributed by atoms with van der Waals surface area (Å²) in [6, 6.07) is 16.2. The molecule has 0 bridgehead atoms. The van der Waals surface area contributed by atoms with E-state index in [2.05, 4.69) is 18.2 Å². The quantitative estimate of drug-likeness (QED) is 0.762. The lowest BCUT2D eigenvalue weighted by Crippen LogP contribution is -2.35. The number of carbonyl (C=O) groups is 1. The van der Waals surface area contributed by atoms with Crippen LogP contribution in [0.1, 0.15) is 27.0 Å². The fourth-order valence-corrected chi connectivity index (χ4v) is 2.63. The summed E-state index contributed by atoms with van der Waals surface area (Å²) in [7, 11) is 0. The molecule has 2 heteroatoms. The molecule has 0 aliphatic carbocycles. The Hall–Kier alpha value is -2.09. The lowest BCUT2D eigenvalue weighted by molar-refractivity contribution is 0.0734. The van der Waals surface area contributed by atoms with Crippen molar-refractivity contribution < 1.29 is 4.79 Å². The topological polar surface area (TPSA) is 20.3 Å². The molecule has 0 N–H and O–H groups in total. The zero-order valence-electron chi connectivity index (χ0n) is 11.1. The fourth-order valence-electron chi connectivity index (χ4n) is 2.63. The van der Waals surface area contributed by atoms with E-state index in [0.717, 1.165) is 30.6 Å². The van der Waals surface area contributed by atoms with E-state index in [1.807, 2.05) is 42.2 Å². The Balaban J connectivity index is 1.83. The van der Waals surface area contributed by atoms with Crippen molar-refractivity contribution in [3.8, 4) is 0 Å². The maximum atomic E-state index is 12.5. The van der Waals surface area contributed by atoms with Crippen LogP contribution < -0.4 is 0 Å². The molecule has 0 unspecified atom stereocenters. The van der Waals surface area contributed by atoms with Crippen molar-refractivity contribution in [3.63, 3.8) is 0 Å². The summed E-state index contributed by atoms with van der Waals surface area (Å²) in [6.45, 7) is 3.55. The number of carbonyl (C=O) groups excluding carboxylic acids is 1. The molecule has 0 fully saturated rings. The van der Waals surface area contributed by atoms with Gasteiger partial charge in [-0.2, -0.15) is 0 Å². The fraction of sp³-hybridized carbons (Fsp3) is 0.235. The van der Waals surface area contributed by atoms with Gasteiger partial charge in [0.15, 0.2) is 0 Å². The second-order valence-electron chi connectivity index (χ2n) is 5.11. The average Bonchev–Trinajstić information content (AvgIpc) is 2.46. The molecular weight excluding hydrogens is 234 g/mol. The molecule has 2 aromatic rings. The number of fused-ring (bicyclic) bond motifs is 1. The third kappa shape index (κ3) is 2.39.